The summed E-state index contributed by atoms with van der Waals surface area (Å²) < 4.78 is 16.9. The topological polar surface area (TPSA) is 48.0 Å². The second-order valence-electron chi connectivity index (χ2n) is 7.39. The Bertz CT molecular complexity index is 826. The molecular weight excluding hydrogens is 330 g/mol. The third-order valence-electron chi connectivity index (χ3n) is 6.08. The molecule has 1 aliphatic heterocycles. The maximum Gasteiger partial charge on any atom is 0.308 e. The van der Waals surface area contributed by atoms with Crippen LogP contribution in [0.3, 0.4) is 0 Å². The summed E-state index contributed by atoms with van der Waals surface area (Å²) in [5.41, 5.74) is 3.69. The standard InChI is InChI=1S/C21H25NO4/c1-13(23)26-18-8-5-14-11-17-16-7-6-15(24-3)12-21(16,9-10-22(17)2)19(14)20(18)25-4/h5-8,17H,9-12H2,1-4H3/t17-,21+/m1/s1. The maximum absolute atomic E-state index is 11.6. The number of piperidine rings is 1. The molecule has 1 saturated heterocycles. The number of fused-ring (bicyclic) bond motifs is 1. The van der Waals surface area contributed by atoms with E-state index in [4.69, 9.17) is 14.2 Å². The molecule has 1 aromatic carbocycles. The molecule has 138 valence electrons. The number of allylic oxidation sites excluding steroid dienone is 3. The second-order valence-corrected chi connectivity index (χ2v) is 7.39. The van der Waals surface area contributed by atoms with Crippen LogP contribution in [0.5, 0.6) is 11.5 Å². The highest BCUT2D eigenvalue weighted by Gasteiger charge is 2.52. The highest BCUT2D eigenvalue weighted by atomic mass is 16.6. The molecule has 0 saturated carbocycles. The molecule has 1 fully saturated rings. The average Bonchev–Trinajstić information content (AvgIpc) is 2.63. The molecule has 0 amide bonds. The lowest BCUT2D eigenvalue weighted by molar-refractivity contribution is -0.132. The number of carbonyl (C=O) groups is 1. The fraction of sp³-hybridized carbons (Fsp3) is 0.476. The van der Waals surface area contributed by atoms with Gasteiger partial charge in [-0.2, -0.15) is 0 Å². The first kappa shape index (κ1) is 17.2. The molecule has 0 N–H and O–H groups in total. The van der Waals surface area contributed by atoms with Gasteiger partial charge in [-0.15, -0.1) is 0 Å². The minimum Gasteiger partial charge on any atom is -0.501 e. The first-order valence-corrected chi connectivity index (χ1v) is 9.04. The van der Waals surface area contributed by atoms with Crippen molar-refractivity contribution < 1.29 is 19.0 Å². The Morgan fingerprint density at radius 3 is 2.73 bits per heavy atom. The monoisotopic (exact) mass is 355 g/mol. The van der Waals surface area contributed by atoms with Gasteiger partial charge in [0.05, 0.1) is 20.0 Å². The lowest BCUT2D eigenvalue weighted by atomic mass is 9.57. The summed E-state index contributed by atoms with van der Waals surface area (Å²) >= 11 is 0. The molecule has 4 rings (SSSR count). The fourth-order valence-corrected chi connectivity index (χ4v) is 4.93. The van der Waals surface area contributed by atoms with E-state index in [2.05, 4.69) is 30.2 Å². The predicted molar refractivity (Wildman–Crippen MR) is 98.5 cm³/mol. The van der Waals surface area contributed by atoms with Crippen LogP contribution >= 0.6 is 0 Å². The summed E-state index contributed by atoms with van der Waals surface area (Å²) in [5.74, 6) is 1.82. The molecule has 2 bridgehead atoms. The van der Waals surface area contributed by atoms with E-state index >= 15 is 0 Å². The summed E-state index contributed by atoms with van der Waals surface area (Å²) in [6.07, 6.45) is 7.05. The van der Waals surface area contributed by atoms with Crippen molar-refractivity contribution >= 4 is 5.97 Å². The van der Waals surface area contributed by atoms with Crippen LogP contribution < -0.4 is 9.47 Å². The number of nitrogens with zero attached hydrogens (tertiary/aromatic N) is 1. The highest BCUT2D eigenvalue weighted by molar-refractivity contribution is 5.72. The normalized spacial score (nSPS) is 26.8. The van der Waals surface area contributed by atoms with Gasteiger partial charge in [-0.25, -0.2) is 0 Å². The van der Waals surface area contributed by atoms with E-state index in [1.807, 2.05) is 6.07 Å². The molecule has 0 unspecified atom stereocenters. The lowest BCUT2D eigenvalue weighted by Crippen LogP contribution is -2.54. The zero-order valence-electron chi connectivity index (χ0n) is 15.8. The Kier molecular flexibility index (Phi) is 4.07. The van der Waals surface area contributed by atoms with Crippen LogP contribution in [0.2, 0.25) is 0 Å². The molecule has 0 aromatic heterocycles. The van der Waals surface area contributed by atoms with E-state index in [1.165, 1.54) is 18.1 Å². The van der Waals surface area contributed by atoms with E-state index in [1.54, 1.807) is 14.2 Å². The van der Waals surface area contributed by atoms with E-state index < -0.39 is 0 Å². The molecule has 0 radical (unpaired) electrons. The molecule has 5 nitrogen and oxygen atoms in total. The van der Waals surface area contributed by atoms with Crippen molar-refractivity contribution in [2.24, 2.45) is 0 Å². The summed E-state index contributed by atoms with van der Waals surface area (Å²) in [4.78, 5) is 14.0. The largest absolute Gasteiger partial charge is 0.501 e. The fourth-order valence-electron chi connectivity index (χ4n) is 4.93. The third kappa shape index (κ3) is 2.37. The number of likely N-dealkylation sites (tertiary alicyclic amines) is 1. The van der Waals surface area contributed by atoms with Gasteiger partial charge in [-0.05, 0) is 49.7 Å². The van der Waals surface area contributed by atoms with Gasteiger partial charge in [0.25, 0.3) is 0 Å². The van der Waals surface area contributed by atoms with Crippen molar-refractivity contribution in [3.63, 3.8) is 0 Å². The Morgan fingerprint density at radius 2 is 2.04 bits per heavy atom. The van der Waals surface area contributed by atoms with Crippen molar-refractivity contribution in [3.05, 3.63) is 46.7 Å². The Balaban J connectivity index is 1.96. The number of hydrogen-bond acceptors (Lipinski definition) is 5. The molecule has 1 aromatic rings. The minimum atomic E-state index is -0.338. The quantitative estimate of drug-likeness (QED) is 0.616. The number of benzene rings is 1. The maximum atomic E-state index is 11.6. The number of methoxy groups -OCH3 is 2. The SMILES string of the molecule is COC1=CC=C2[C@H]3Cc4ccc(OC(C)=O)c(OC)c4[C@@]2(CCN3C)C1. The third-order valence-corrected chi connectivity index (χ3v) is 6.08. The first-order chi connectivity index (χ1) is 12.5. The van der Waals surface area contributed by atoms with Crippen molar-refractivity contribution in [2.75, 3.05) is 27.8 Å². The van der Waals surface area contributed by atoms with Crippen LogP contribution in [0.25, 0.3) is 0 Å². The molecule has 2 atom stereocenters. The molecule has 26 heavy (non-hydrogen) atoms. The van der Waals surface area contributed by atoms with Crippen LogP contribution in [-0.4, -0.2) is 44.7 Å². The number of likely N-dealkylation sites (N-methyl/N-ethyl adjacent to an activating group) is 1. The van der Waals surface area contributed by atoms with Crippen LogP contribution in [-0.2, 0) is 21.4 Å². The van der Waals surface area contributed by atoms with Crippen LogP contribution in [0.4, 0.5) is 0 Å². The number of ether oxygens (including phenoxy) is 3. The van der Waals surface area contributed by atoms with Crippen molar-refractivity contribution in [1.29, 1.82) is 0 Å². The Labute approximate surface area is 154 Å². The Hall–Kier alpha value is -2.27. The van der Waals surface area contributed by atoms with Gasteiger partial charge in [0.2, 0.25) is 0 Å². The minimum absolute atomic E-state index is 0.160. The zero-order valence-corrected chi connectivity index (χ0v) is 15.8. The number of carbonyl (C=O) groups excluding carboxylic acids is 1. The predicted octanol–water partition coefficient (Wildman–Crippen LogP) is 2.98. The van der Waals surface area contributed by atoms with Crippen LogP contribution in [0.1, 0.15) is 30.9 Å². The van der Waals surface area contributed by atoms with Gasteiger partial charge in [0.1, 0.15) is 0 Å². The number of esters is 1. The molecular formula is C21H25NO4. The molecule has 3 aliphatic rings. The van der Waals surface area contributed by atoms with Gasteiger partial charge in [-0.1, -0.05) is 12.1 Å². The van der Waals surface area contributed by atoms with Gasteiger partial charge in [0.15, 0.2) is 11.5 Å². The summed E-state index contributed by atoms with van der Waals surface area (Å²) in [6.45, 7) is 2.43. The van der Waals surface area contributed by atoms with Crippen molar-refractivity contribution in [2.45, 2.75) is 37.6 Å². The molecule has 1 heterocycles. The summed E-state index contributed by atoms with van der Waals surface area (Å²) in [5, 5.41) is 0. The van der Waals surface area contributed by atoms with E-state index in [9.17, 15) is 4.79 Å². The second kappa shape index (κ2) is 6.16. The smallest absolute Gasteiger partial charge is 0.308 e. The summed E-state index contributed by atoms with van der Waals surface area (Å²) in [7, 11) is 5.57. The zero-order chi connectivity index (χ0) is 18.5. The number of hydrogen-bond donors (Lipinski definition) is 0. The highest BCUT2D eigenvalue weighted by Crippen LogP contribution is 2.57. The summed E-state index contributed by atoms with van der Waals surface area (Å²) in [6, 6.07) is 4.33. The van der Waals surface area contributed by atoms with E-state index in [0.717, 1.165) is 37.1 Å². The van der Waals surface area contributed by atoms with Gasteiger partial charge < -0.3 is 14.2 Å². The van der Waals surface area contributed by atoms with Crippen LogP contribution in [0.15, 0.2) is 35.6 Å². The van der Waals surface area contributed by atoms with Crippen LogP contribution in [0, 0.1) is 0 Å². The van der Waals surface area contributed by atoms with Gasteiger partial charge in [-0.3, -0.25) is 9.69 Å². The van der Waals surface area contributed by atoms with E-state index in [0.29, 0.717) is 17.5 Å². The van der Waals surface area contributed by atoms with Crippen molar-refractivity contribution in [1.82, 2.24) is 4.90 Å². The Morgan fingerprint density at radius 1 is 1.23 bits per heavy atom. The average molecular weight is 355 g/mol. The first-order valence-electron chi connectivity index (χ1n) is 9.04. The number of rotatable bonds is 3. The van der Waals surface area contributed by atoms with Gasteiger partial charge in [0, 0.05) is 30.4 Å². The molecule has 5 heteroatoms. The molecule has 0 spiro atoms. The van der Waals surface area contributed by atoms with Crippen molar-refractivity contribution in [3.8, 4) is 11.5 Å². The lowest BCUT2D eigenvalue weighted by Gasteiger charge is -2.54. The van der Waals surface area contributed by atoms with E-state index in [-0.39, 0.29) is 11.4 Å². The van der Waals surface area contributed by atoms with Gasteiger partial charge >= 0.3 is 5.97 Å². The molecule has 2 aliphatic carbocycles.